The lowest BCUT2D eigenvalue weighted by Gasteiger charge is -2.22. The van der Waals surface area contributed by atoms with Gasteiger partial charge in [0.25, 0.3) is 5.91 Å². The van der Waals surface area contributed by atoms with Gasteiger partial charge >= 0.3 is 0 Å². The Hall–Kier alpha value is -2.47. The summed E-state index contributed by atoms with van der Waals surface area (Å²) in [6, 6.07) is 7.87. The second-order valence-electron chi connectivity index (χ2n) is 7.48. The Morgan fingerprint density at radius 2 is 2.00 bits per heavy atom. The number of hydrogen-bond acceptors (Lipinski definition) is 4. The second kappa shape index (κ2) is 9.35. The molecule has 1 fully saturated rings. The van der Waals surface area contributed by atoms with Crippen LogP contribution in [0.1, 0.15) is 37.0 Å². The number of nitrogens with one attached hydrogen (secondary N) is 1. The molecule has 29 heavy (non-hydrogen) atoms. The summed E-state index contributed by atoms with van der Waals surface area (Å²) in [5, 5.41) is 2.98. The minimum Gasteiger partial charge on any atom is -0.493 e. The Labute approximate surface area is 175 Å². The van der Waals surface area contributed by atoms with Gasteiger partial charge in [0.15, 0.2) is 11.5 Å². The average molecular weight is 421 g/mol. The van der Waals surface area contributed by atoms with Crippen molar-refractivity contribution >= 4 is 28.9 Å². The van der Waals surface area contributed by atoms with Crippen molar-refractivity contribution in [2.75, 3.05) is 37.0 Å². The third-order valence-corrected chi connectivity index (χ3v) is 5.01. The molecule has 0 radical (unpaired) electrons. The van der Waals surface area contributed by atoms with Crippen LogP contribution in [0.5, 0.6) is 11.5 Å². The lowest BCUT2D eigenvalue weighted by Crippen LogP contribution is -2.22. The molecule has 0 atom stereocenters. The maximum absolute atomic E-state index is 14.5. The van der Waals surface area contributed by atoms with Crippen LogP contribution in [0, 0.1) is 11.7 Å². The third-order valence-electron chi connectivity index (χ3n) is 4.73. The van der Waals surface area contributed by atoms with E-state index in [1.165, 1.54) is 19.2 Å². The molecule has 1 N–H and O–H groups in total. The van der Waals surface area contributed by atoms with E-state index in [2.05, 4.69) is 10.2 Å². The number of amides is 1. The minimum absolute atomic E-state index is 0.176. The zero-order valence-electron chi connectivity index (χ0n) is 16.9. The topological polar surface area (TPSA) is 50.8 Å². The number of hydrogen-bond donors (Lipinski definition) is 1. The Kier molecular flexibility index (Phi) is 6.85. The highest BCUT2D eigenvalue weighted by Gasteiger charge is 2.22. The Morgan fingerprint density at radius 1 is 1.28 bits per heavy atom. The predicted molar refractivity (Wildman–Crippen MR) is 114 cm³/mol. The van der Waals surface area contributed by atoms with Crippen molar-refractivity contribution in [2.24, 2.45) is 5.92 Å². The van der Waals surface area contributed by atoms with E-state index in [1.54, 1.807) is 12.1 Å². The number of carbonyl (C=O) groups is 1. The molecule has 0 bridgehead atoms. The number of halogens is 2. The summed E-state index contributed by atoms with van der Waals surface area (Å²) in [7, 11) is 1.48. The highest BCUT2D eigenvalue weighted by molar-refractivity contribution is 6.32. The minimum atomic E-state index is -0.474. The van der Waals surface area contributed by atoms with Gasteiger partial charge in [-0.3, -0.25) is 4.79 Å². The molecular weight excluding hydrogens is 395 g/mol. The number of rotatable bonds is 7. The van der Waals surface area contributed by atoms with Crippen molar-refractivity contribution < 1.29 is 18.7 Å². The normalized spacial score (nSPS) is 13.7. The summed E-state index contributed by atoms with van der Waals surface area (Å²) in [5.74, 6) is 0.118. The molecule has 2 aromatic carbocycles. The van der Waals surface area contributed by atoms with Crippen molar-refractivity contribution in [1.29, 1.82) is 0 Å². The fraction of sp³-hybridized carbons (Fsp3) is 0.409. The van der Waals surface area contributed by atoms with E-state index in [1.807, 2.05) is 19.9 Å². The van der Waals surface area contributed by atoms with E-state index in [4.69, 9.17) is 21.1 Å². The van der Waals surface area contributed by atoms with Gasteiger partial charge in [0.2, 0.25) is 0 Å². The smallest absolute Gasteiger partial charge is 0.255 e. The molecule has 0 unspecified atom stereocenters. The highest BCUT2D eigenvalue weighted by Crippen LogP contribution is 2.37. The second-order valence-corrected chi connectivity index (χ2v) is 7.88. The van der Waals surface area contributed by atoms with E-state index in [-0.39, 0.29) is 16.3 Å². The van der Waals surface area contributed by atoms with Crippen molar-refractivity contribution in [3.05, 3.63) is 46.7 Å². The average Bonchev–Trinajstić information content (AvgIpc) is 3.22. The highest BCUT2D eigenvalue weighted by atomic mass is 35.5. The molecule has 0 aliphatic carbocycles. The van der Waals surface area contributed by atoms with Gasteiger partial charge in [0.1, 0.15) is 11.5 Å². The van der Waals surface area contributed by atoms with Gasteiger partial charge in [0.05, 0.1) is 24.4 Å². The van der Waals surface area contributed by atoms with Crippen LogP contribution in [0.3, 0.4) is 0 Å². The van der Waals surface area contributed by atoms with Crippen molar-refractivity contribution in [1.82, 2.24) is 0 Å². The molecule has 156 valence electrons. The molecule has 0 aromatic heterocycles. The van der Waals surface area contributed by atoms with Crippen LogP contribution in [0.25, 0.3) is 0 Å². The van der Waals surface area contributed by atoms with Gasteiger partial charge in [-0.25, -0.2) is 4.39 Å². The van der Waals surface area contributed by atoms with Gasteiger partial charge in [-0.05, 0) is 43.0 Å². The van der Waals surface area contributed by atoms with E-state index >= 15 is 0 Å². The van der Waals surface area contributed by atoms with Gasteiger partial charge in [-0.1, -0.05) is 31.5 Å². The lowest BCUT2D eigenvalue weighted by molar-refractivity contribution is 0.102. The monoisotopic (exact) mass is 420 g/mol. The SMILES string of the molecule is COc1cc(C(=O)Nc2c(F)cccc2N2CCCC2)cc(Cl)c1OCC(C)C. The Bertz CT molecular complexity index is 883. The van der Waals surface area contributed by atoms with Crippen molar-refractivity contribution in [3.8, 4) is 11.5 Å². The maximum atomic E-state index is 14.5. The first kappa shape index (κ1) is 21.2. The summed E-state index contributed by atoms with van der Waals surface area (Å²) in [6.45, 7) is 6.20. The predicted octanol–water partition coefficient (Wildman–Crippen LogP) is 5.38. The fourth-order valence-corrected chi connectivity index (χ4v) is 3.55. The van der Waals surface area contributed by atoms with E-state index < -0.39 is 11.7 Å². The first-order valence-corrected chi connectivity index (χ1v) is 10.1. The third kappa shape index (κ3) is 4.93. The summed E-state index contributed by atoms with van der Waals surface area (Å²) in [5.41, 5.74) is 1.12. The summed E-state index contributed by atoms with van der Waals surface area (Å²) in [4.78, 5) is 15.0. The molecule has 7 heteroatoms. The molecular formula is C22H26ClFN2O3. The summed E-state index contributed by atoms with van der Waals surface area (Å²) < 4.78 is 25.6. The van der Waals surface area contributed by atoms with Crippen LogP contribution in [0.2, 0.25) is 5.02 Å². The molecule has 1 saturated heterocycles. The molecule has 1 heterocycles. The molecule has 5 nitrogen and oxygen atoms in total. The molecule has 1 aliphatic heterocycles. The Balaban J connectivity index is 1.87. The summed E-state index contributed by atoms with van der Waals surface area (Å²) in [6.07, 6.45) is 2.10. The number of methoxy groups -OCH3 is 1. The zero-order valence-corrected chi connectivity index (χ0v) is 17.7. The van der Waals surface area contributed by atoms with Crippen LogP contribution in [0.15, 0.2) is 30.3 Å². The largest absolute Gasteiger partial charge is 0.493 e. The number of ether oxygens (including phenoxy) is 2. The van der Waals surface area contributed by atoms with Gasteiger partial charge in [-0.15, -0.1) is 0 Å². The number of benzene rings is 2. The lowest BCUT2D eigenvalue weighted by atomic mass is 10.1. The van der Waals surface area contributed by atoms with Crippen LogP contribution in [0.4, 0.5) is 15.8 Å². The van der Waals surface area contributed by atoms with Crippen LogP contribution in [-0.2, 0) is 0 Å². The first-order chi connectivity index (χ1) is 13.9. The van der Waals surface area contributed by atoms with Gasteiger partial charge in [0, 0.05) is 18.7 Å². The molecule has 2 aromatic rings. The number of anilines is 2. The Morgan fingerprint density at radius 3 is 2.66 bits per heavy atom. The van der Waals surface area contributed by atoms with Crippen LogP contribution >= 0.6 is 11.6 Å². The number of para-hydroxylation sites is 1. The zero-order chi connectivity index (χ0) is 21.0. The number of nitrogens with zero attached hydrogens (tertiary/aromatic N) is 1. The molecule has 1 aliphatic rings. The van der Waals surface area contributed by atoms with Crippen molar-refractivity contribution in [3.63, 3.8) is 0 Å². The van der Waals surface area contributed by atoms with Crippen molar-refractivity contribution in [2.45, 2.75) is 26.7 Å². The molecule has 0 saturated carbocycles. The molecule has 0 spiro atoms. The van der Waals surface area contributed by atoms with E-state index in [0.717, 1.165) is 25.9 Å². The van der Waals surface area contributed by atoms with Gasteiger partial charge in [-0.2, -0.15) is 0 Å². The van der Waals surface area contributed by atoms with Crippen LogP contribution in [-0.4, -0.2) is 32.7 Å². The standard InChI is InChI=1S/C22H26ClFN2O3/c1-14(2)13-29-21-16(23)11-15(12-19(21)28-3)22(27)25-20-17(24)7-6-8-18(20)26-9-4-5-10-26/h6-8,11-12,14H,4-5,9-10,13H2,1-3H3,(H,25,27). The van der Waals surface area contributed by atoms with E-state index in [9.17, 15) is 9.18 Å². The molecule has 3 rings (SSSR count). The maximum Gasteiger partial charge on any atom is 0.255 e. The molecule has 1 amide bonds. The van der Waals surface area contributed by atoms with Crippen LogP contribution < -0.4 is 19.7 Å². The van der Waals surface area contributed by atoms with E-state index in [0.29, 0.717) is 29.7 Å². The quantitative estimate of drug-likeness (QED) is 0.653. The van der Waals surface area contributed by atoms with Gasteiger partial charge < -0.3 is 19.7 Å². The number of carbonyl (C=O) groups excluding carboxylic acids is 1. The summed E-state index contributed by atoms with van der Waals surface area (Å²) >= 11 is 6.34. The first-order valence-electron chi connectivity index (χ1n) is 9.75. The fourth-order valence-electron chi connectivity index (χ4n) is 3.28.